The number of benzene rings is 1. The van der Waals surface area contributed by atoms with Gasteiger partial charge in [-0.25, -0.2) is 9.78 Å². The first-order valence-electron chi connectivity index (χ1n) is 5.81. The maximum atomic E-state index is 10.5. The second-order valence-corrected chi connectivity index (χ2v) is 4.49. The molecule has 0 radical (unpaired) electrons. The van der Waals surface area contributed by atoms with Crippen LogP contribution in [0, 0.1) is 0 Å². The third-order valence-corrected chi connectivity index (χ3v) is 3.44. The Kier molecular flexibility index (Phi) is 2.39. The second kappa shape index (κ2) is 3.93. The van der Waals surface area contributed by atoms with Crippen molar-refractivity contribution in [3.63, 3.8) is 0 Å². The third-order valence-electron chi connectivity index (χ3n) is 3.44. The fourth-order valence-electron chi connectivity index (χ4n) is 2.27. The molecule has 1 fully saturated rings. The van der Waals surface area contributed by atoms with Crippen LogP contribution in [0.15, 0.2) is 35.5 Å². The van der Waals surface area contributed by atoms with E-state index in [9.17, 15) is 4.79 Å². The minimum atomic E-state index is -0.327. The molecular weight excluding hydrogens is 228 g/mol. The number of ether oxygens (including phenoxy) is 1. The van der Waals surface area contributed by atoms with Crippen molar-refractivity contribution in [3.05, 3.63) is 36.0 Å². The van der Waals surface area contributed by atoms with Gasteiger partial charge in [0.05, 0.1) is 12.6 Å². The third kappa shape index (κ3) is 1.59. The van der Waals surface area contributed by atoms with Crippen LogP contribution in [-0.2, 0) is 10.3 Å². The van der Waals surface area contributed by atoms with Crippen LogP contribution in [0.1, 0.15) is 18.4 Å². The van der Waals surface area contributed by atoms with E-state index in [0.29, 0.717) is 5.88 Å². The van der Waals surface area contributed by atoms with E-state index in [2.05, 4.69) is 9.98 Å². The number of methoxy groups -OCH3 is 1. The van der Waals surface area contributed by atoms with Crippen LogP contribution in [0.2, 0.25) is 0 Å². The molecule has 90 valence electrons. The molecule has 1 saturated carbocycles. The van der Waals surface area contributed by atoms with Gasteiger partial charge < -0.3 is 4.74 Å². The number of rotatable bonds is 3. The van der Waals surface area contributed by atoms with Gasteiger partial charge in [0.2, 0.25) is 12.0 Å². The van der Waals surface area contributed by atoms with Crippen molar-refractivity contribution < 1.29 is 9.53 Å². The van der Waals surface area contributed by atoms with E-state index < -0.39 is 0 Å². The Hall–Kier alpha value is -2.19. The maximum absolute atomic E-state index is 10.5. The van der Waals surface area contributed by atoms with Gasteiger partial charge >= 0.3 is 0 Å². The van der Waals surface area contributed by atoms with Gasteiger partial charge in [-0.1, -0.05) is 6.07 Å². The predicted octanol–water partition coefficient (Wildman–Crippen LogP) is 2.57. The van der Waals surface area contributed by atoms with Crippen LogP contribution in [0.5, 0.6) is 5.88 Å². The van der Waals surface area contributed by atoms with Gasteiger partial charge in [-0.2, -0.15) is 4.99 Å². The average Bonchev–Trinajstić information content (AvgIpc) is 3.19. The van der Waals surface area contributed by atoms with Crippen LogP contribution in [0.4, 0.5) is 0 Å². The number of carbonyl (C=O) groups excluding carboxylic acids is 1. The highest BCUT2D eigenvalue weighted by Crippen LogP contribution is 2.49. The Balaban J connectivity index is 2.15. The molecule has 1 aliphatic rings. The van der Waals surface area contributed by atoms with Crippen molar-refractivity contribution >= 4 is 16.9 Å². The van der Waals surface area contributed by atoms with Crippen molar-refractivity contribution in [2.75, 3.05) is 7.11 Å². The largest absolute Gasteiger partial charge is 0.481 e. The molecule has 2 aromatic rings. The highest BCUT2D eigenvalue weighted by molar-refractivity contribution is 5.87. The van der Waals surface area contributed by atoms with E-state index in [1.54, 1.807) is 19.4 Å². The predicted molar refractivity (Wildman–Crippen MR) is 67.3 cm³/mol. The second-order valence-electron chi connectivity index (χ2n) is 4.49. The van der Waals surface area contributed by atoms with Gasteiger partial charge in [0.25, 0.3) is 0 Å². The summed E-state index contributed by atoms with van der Waals surface area (Å²) in [6.45, 7) is 0. The fraction of sp³-hybridized carbons (Fsp3) is 0.286. The lowest BCUT2D eigenvalue weighted by molar-refractivity contribution is 0.403. The molecule has 1 aliphatic carbocycles. The van der Waals surface area contributed by atoms with Crippen molar-refractivity contribution in [2.24, 2.45) is 4.99 Å². The number of nitrogens with zero attached hydrogens (tertiary/aromatic N) is 2. The number of fused-ring (bicyclic) bond motifs is 1. The first-order chi connectivity index (χ1) is 8.79. The molecule has 0 spiro atoms. The highest BCUT2D eigenvalue weighted by Gasteiger charge is 2.44. The molecule has 0 unspecified atom stereocenters. The molecule has 4 heteroatoms. The Bertz CT molecular complexity index is 656. The molecule has 0 N–H and O–H groups in total. The minimum Gasteiger partial charge on any atom is -0.481 e. The van der Waals surface area contributed by atoms with E-state index >= 15 is 0 Å². The molecule has 4 nitrogen and oxygen atoms in total. The topological polar surface area (TPSA) is 51.6 Å². The van der Waals surface area contributed by atoms with Crippen LogP contribution < -0.4 is 4.74 Å². The zero-order valence-electron chi connectivity index (χ0n) is 10.0. The summed E-state index contributed by atoms with van der Waals surface area (Å²) in [5, 5.41) is 2.02. The zero-order chi connectivity index (χ0) is 12.6. The summed E-state index contributed by atoms with van der Waals surface area (Å²) in [6.07, 6.45) is 5.22. The van der Waals surface area contributed by atoms with Gasteiger partial charge in [0.1, 0.15) is 0 Å². The molecule has 18 heavy (non-hydrogen) atoms. The van der Waals surface area contributed by atoms with Crippen molar-refractivity contribution in [2.45, 2.75) is 18.4 Å². The molecule has 1 heterocycles. The average molecular weight is 240 g/mol. The lowest BCUT2D eigenvalue weighted by Gasteiger charge is -2.10. The summed E-state index contributed by atoms with van der Waals surface area (Å²) in [7, 11) is 1.61. The Morgan fingerprint density at radius 2 is 2.22 bits per heavy atom. The van der Waals surface area contributed by atoms with Crippen molar-refractivity contribution in [3.8, 4) is 5.88 Å². The summed E-state index contributed by atoms with van der Waals surface area (Å²) in [4.78, 5) is 18.6. The van der Waals surface area contributed by atoms with E-state index in [0.717, 1.165) is 29.2 Å². The van der Waals surface area contributed by atoms with Crippen molar-refractivity contribution in [1.29, 1.82) is 0 Å². The summed E-state index contributed by atoms with van der Waals surface area (Å²) in [5.74, 6) is 0.614. The van der Waals surface area contributed by atoms with E-state index in [4.69, 9.17) is 4.74 Å². The van der Waals surface area contributed by atoms with Crippen LogP contribution in [-0.4, -0.2) is 18.2 Å². The molecule has 0 bridgehead atoms. The summed E-state index contributed by atoms with van der Waals surface area (Å²) < 4.78 is 5.22. The first-order valence-corrected chi connectivity index (χ1v) is 5.81. The summed E-state index contributed by atoms with van der Waals surface area (Å²) >= 11 is 0. The van der Waals surface area contributed by atoms with Gasteiger partial charge in [-0.3, -0.25) is 0 Å². The summed E-state index contributed by atoms with van der Waals surface area (Å²) in [6, 6.07) is 7.94. The summed E-state index contributed by atoms with van der Waals surface area (Å²) in [5.41, 5.74) is 0.735. The molecule has 0 saturated heterocycles. The van der Waals surface area contributed by atoms with E-state index in [1.165, 1.54) is 0 Å². The number of hydrogen-bond donors (Lipinski definition) is 0. The smallest absolute Gasteiger partial charge is 0.235 e. The Morgan fingerprint density at radius 1 is 1.39 bits per heavy atom. The van der Waals surface area contributed by atoms with Gasteiger partial charge in [-0.05, 0) is 42.0 Å². The fourth-order valence-corrected chi connectivity index (χ4v) is 2.27. The normalized spacial score (nSPS) is 16.1. The maximum Gasteiger partial charge on any atom is 0.235 e. The Labute approximate surface area is 104 Å². The molecule has 0 amide bonds. The Morgan fingerprint density at radius 3 is 2.89 bits per heavy atom. The monoisotopic (exact) mass is 240 g/mol. The van der Waals surface area contributed by atoms with Gasteiger partial charge in [0, 0.05) is 11.6 Å². The molecule has 1 aromatic heterocycles. The van der Waals surface area contributed by atoms with Crippen LogP contribution in [0.25, 0.3) is 10.8 Å². The number of aliphatic imine (C=N–C) groups is 1. The molecular formula is C14H12N2O2. The number of hydrogen-bond acceptors (Lipinski definition) is 4. The zero-order valence-corrected chi connectivity index (χ0v) is 10.0. The number of aromatic nitrogens is 1. The first kappa shape index (κ1) is 10.9. The number of isocyanates is 1. The van der Waals surface area contributed by atoms with Gasteiger partial charge in [0.15, 0.2) is 0 Å². The highest BCUT2D eigenvalue weighted by atomic mass is 16.5. The van der Waals surface area contributed by atoms with E-state index in [1.807, 2.05) is 24.3 Å². The van der Waals surface area contributed by atoms with Crippen molar-refractivity contribution in [1.82, 2.24) is 4.98 Å². The quantitative estimate of drug-likeness (QED) is 0.612. The van der Waals surface area contributed by atoms with Crippen LogP contribution >= 0.6 is 0 Å². The van der Waals surface area contributed by atoms with E-state index in [-0.39, 0.29) is 5.54 Å². The minimum absolute atomic E-state index is 0.327. The lowest BCUT2D eigenvalue weighted by atomic mass is 10.0. The molecule has 0 aliphatic heterocycles. The standard InChI is InChI=1S/C14H12N2O2/c1-18-13-12-3-2-11(8-10(12)4-7-15-13)14(5-6-14)16-9-17/h2-4,7-8H,5-6H2,1H3. The molecule has 0 atom stereocenters. The SMILES string of the molecule is COc1nccc2cc(C3(N=C=O)CC3)ccc12. The number of pyridine rings is 1. The van der Waals surface area contributed by atoms with Crippen LogP contribution in [0.3, 0.4) is 0 Å². The van der Waals surface area contributed by atoms with Gasteiger partial charge in [-0.15, -0.1) is 0 Å². The lowest BCUT2D eigenvalue weighted by Crippen LogP contribution is -2.02. The molecule has 3 rings (SSSR count). The molecule has 1 aromatic carbocycles.